The minimum absolute atomic E-state index is 0.244. The normalized spacial score (nSPS) is 11.2. The third-order valence-corrected chi connectivity index (χ3v) is 3.48. The summed E-state index contributed by atoms with van der Waals surface area (Å²) in [6, 6.07) is 5.10. The Hall–Kier alpha value is -1.16. The van der Waals surface area contributed by atoms with Crippen molar-refractivity contribution >= 4 is 32.5 Å². The molecule has 4 heteroatoms. The van der Waals surface area contributed by atoms with E-state index in [1.54, 1.807) is 6.07 Å². The van der Waals surface area contributed by atoms with Gasteiger partial charge in [0.15, 0.2) is 0 Å². The molecule has 96 valence electrons. The molecular formula is C14H16BrFN2. The maximum absolute atomic E-state index is 14.0. The van der Waals surface area contributed by atoms with Crippen molar-refractivity contribution in [1.82, 2.24) is 4.98 Å². The Kier molecular flexibility index (Phi) is 3.85. The van der Waals surface area contributed by atoms with E-state index in [0.29, 0.717) is 16.8 Å². The monoisotopic (exact) mass is 310 g/mol. The lowest BCUT2D eigenvalue weighted by Gasteiger charge is -2.14. The minimum Gasteiger partial charge on any atom is -0.385 e. The number of halogens is 2. The first-order valence-corrected chi connectivity index (χ1v) is 6.86. The molecule has 0 bridgehead atoms. The number of anilines is 1. The van der Waals surface area contributed by atoms with Gasteiger partial charge in [-0.05, 0) is 47.0 Å². The van der Waals surface area contributed by atoms with E-state index in [0.717, 1.165) is 22.4 Å². The topological polar surface area (TPSA) is 24.9 Å². The average Bonchev–Trinajstić information content (AvgIpc) is 2.33. The zero-order valence-electron chi connectivity index (χ0n) is 10.7. The van der Waals surface area contributed by atoms with Crippen molar-refractivity contribution in [1.29, 1.82) is 0 Å². The van der Waals surface area contributed by atoms with Gasteiger partial charge >= 0.3 is 0 Å². The summed E-state index contributed by atoms with van der Waals surface area (Å²) in [6.07, 6.45) is 0. The van der Waals surface area contributed by atoms with Crippen LogP contribution in [0.3, 0.4) is 0 Å². The summed E-state index contributed by atoms with van der Waals surface area (Å²) in [5.41, 5.74) is 2.45. The van der Waals surface area contributed by atoms with Gasteiger partial charge < -0.3 is 5.32 Å². The standard InChI is InChI=1S/C14H16BrFN2/c1-4-17-12-7-11(8(2)3)18-14-9(15)5-6-10(16)13(12)14/h5-8H,4H2,1-3H3,(H,17,18). The molecule has 1 N–H and O–H groups in total. The fourth-order valence-corrected chi connectivity index (χ4v) is 2.33. The van der Waals surface area contributed by atoms with E-state index in [4.69, 9.17) is 0 Å². The van der Waals surface area contributed by atoms with Crippen LogP contribution < -0.4 is 5.32 Å². The second kappa shape index (κ2) is 5.22. The SMILES string of the molecule is CCNc1cc(C(C)C)nc2c(Br)ccc(F)c12. The maximum Gasteiger partial charge on any atom is 0.134 e. The molecule has 1 aromatic heterocycles. The molecule has 0 saturated heterocycles. The highest BCUT2D eigenvalue weighted by atomic mass is 79.9. The van der Waals surface area contributed by atoms with Gasteiger partial charge in [-0.25, -0.2) is 4.39 Å². The lowest BCUT2D eigenvalue weighted by atomic mass is 10.1. The van der Waals surface area contributed by atoms with E-state index < -0.39 is 0 Å². The van der Waals surface area contributed by atoms with Crippen molar-refractivity contribution in [3.8, 4) is 0 Å². The number of fused-ring (bicyclic) bond motifs is 1. The molecule has 0 aliphatic carbocycles. The number of hydrogen-bond donors (Lipinski definition) is 1. The van der Waals surface area contributed by atoms with Gasteiger partial charge in [-0.15, -0.1) is 0 Å². The molecule has 0 aliphatic heterocycles. The van der Waals surface area contributed by atoms with E-state index >= 15 is 0 Å². The van der Waals surface area contributed by atoms with Gasteiger partial charge in [-0.3, -0.25) is 4.98 Å². The van der Waals surface area contributed by atoms with Crippen molar-refractivity contribution in [2.45, 2.75) is 26.7 Å². The third-order valence-electron chi connectivity index (χ3n) is 2.84. The number of benzene rings is 1. The van der Waals surface area contributed by atoms with Gasteiger partial charge in [0, 0.05) is 22.4 Å². The smallest absolute Gasteiger partial charge is 0.134 e. The van der Waals surface area contributed by atoms with Gasteiger partial charge in [0.1, 0.15) is 5.82 Å². The zero-order valence-corrected chi connectivity index (χ0v) is 12.3. The number of nitrogens with one attached hydrogen (secondary N) is 1. The Morgan fingerprint density at radius 2 is 2.11 bits per heavy atom. The van der Waals surface area contributed by atoms with E-state index in [9.17, 15) is 4.39 Å². The Balaban J connectivity index is 2.80. The summed E-state index contributed by atoms with van der Waals surface area (Å²) >= 11 is 3.44. The largest absolute Gasteiger partial charge is 0.385 e. The molecule has 1 heterocycles. The van der Waals surface area contributed by atoms with Crippen LogP contribution in [0.2, 0.25) is 0 Å². The highest BCUT2D eigenvalue weighted by Crippen LogP contribution is 2.32. The van der Waals surface area contributed by atoms with Crippen LogP contribution in [0.15, 0.2) is 22.7 Å². The lowest BCUT2D eigenvalue weighted by Crippen LogP contribution is -2.03. The molecule has 0 saturated carbocycles. The number of rotatable bonds is 3. The lowest BCUT2D eigenvalue weighted by molar-refractivity contribution is 0.639. The molecule has 0 spiro atoms. The fourth-order valence-electron chi connectivity index (χ4n) is 1.91. The van der Waals surface area contributed by atoms with Crippen LogP contribution in [-0.4, -0.2) is 11.5 Å². The van der Waals surface area contributed by atoms with E-state index in [2.05, 4.69) is 40.1 Å². The van der Waals surface area contributed by atoms with E-state index in [1.165, 1.54) is 6.07 Å². The summed E-state index contributed by atoms with van der Waals surface area (Å²) < 4.78 is 14.8. The molecule has 2 rings (SSSR count). The van der Waals surface area contributed by atoms with E-state index in [-0.39, 0.29) is 5.82 Å². The predicted molar refractivity (Wildman–Crippen MR) is 77.7 cm³/mol. The number of aromatic nitrogens is 1. The molecule has 0 unspecified atom stereocenters. The zero-order chi connectivity index (χ0) is 13.3. The summed E-state index contributed by atoms with van der Waals surface area (Å²) in [7, 11) is 0. The Morgan fingerprint density at radius 3 is 2.72 bits per heavy atom. The first kappa shape index (κ1) is 13.3. The molecule has 0 fully saturated rings. The molecule has 0 atom stereocenters. The molecule has 18 heavy (non-hydrogen) atoms. The van der Waals surface area contributed by atoms with Crippen molar-refractivity contribution < 1.29 is 4.39 Å². The highest BCUT2D eigenvalue weighted by molar-refractivity contribution is 9.10. The van der Waals surface area contributed by atoms with Gasteiger partial charge in [-0.1, -0.05) is 13.8 Å². The molecular weight excluding hydrogens is 295 g/mol. The van der Waals surface area contributed by atoms with Crippen LogP contribution in [0, 0.1) is 5.82 Å². The first-order chi connectivity index (χ1) is 8.54. The molecule has 1 aromatic carbocycles. The summed E-state index contributed by atoms with van der Waals surface area (Å²) in [4.78, 5) is 4.55. The Labute approximate surface area is 115 Å². The van der Waals surface area contributed by atoms with Crippen LogP contribution in [-0.2, 0) is 0 Å². The minimum atomic E-state index is -0.244. The predicted octanol–water partition coefficient (Wildman–Crippen LogP) is 4.69. The molecule has 0 amide bonds. The fraction of sp³-hybridized carbons (Fsp3) is 0.357. The number of hydrogen-bond acceptors (Lipinski definition) is 2. The highest BCUT2D eigenvalue weighted by Gasteiger charge is 2.13. The molecule has 2 aromatic rings. The quantitative estimate of drug-likeness (QED) is 0.889. The number of pyridine rings is 1. The second-order valence-electron chi connectivity index (χ2n) is 4.53. The van der Waals surface area contributed by atoms with Crippen LogP contribution in [0.25, 0.3) is 10.9 Å². The average molecular weight is 311 g/mol. The van der Waals surface area contributed by atoms with Gasteiger partial charge in [0.2, 0.25) is 0 Å². The summed E-state index contributed by atoms with van der Waals surface area (Å²) in [5.74, 6) is 0.0638. The van der Waals surface area contributed by atoms with E-state index in [1.807, 2.05) is 13.0 Å². The second-order valence-corrected chi connectivity index (χ2v) is 5.39. The maximum atomic E-state index is 14.0. The van der Waals surface area contributed by atoms with Crippen LogP contribution in [0.4, 0.5) is 10.1 Å². The van der Waals surface area contributed by atoms with Crippen molar-refractivity contribution in [3.05, 3.63) is 34.2 Å². The third kappa shape index (κ3) is 2.34. The van der Waals surface area contributed by atoms with Crippen molar-refractivity contribution in [2.24, 2.45) is 0 Å². The summed E-state index contributed by atoms with van der Waals surface area (Å²) in [6.45, 7) is 6.91. The van der Waals surface area contributed by atoms with Crippen LogP contribution >= 0.6 is 15.9 Å². The first-order valence-electron chi connectivity index (χ1n) is 6.07. The van der Waals surface area contributed by atoms with Crippen molar-refractivity contribution in [2.75, 3.05) is 11.9 Å². The number of nitrogens with zero attached hydrogens (tertiary/aromatic N) is 1. The van der Waals surface area contributed by atoms with Gasteiger partial charge in [0.25, 0.3) is 0 Å². The Morgan fingerprint density at radius 1 is 1.39 bits per heavy atom. The molecule has 2 nitrogen and oxygen atoms in total. The van der Waals surface area contributed by atoms with Crippen LogP contribution in [0.5, 0.6) is 0 Å². The molecule has 0 aliphatic rings. The van der Waals surface area contributed by atoms with Gasteiger partial charge in [0.05, 0.1) is 10.9 Å². The van der Waals surface area contributed by atoms with Crippen molar-refractivity contribution in [3.63, 3.8) is 0 Å². The van der Waals surface area contributed by atoms with Gasteiger partial charge in [-0.2, -0.15) is 0 Å². The van der Waals surface area contributed by atoms with Crippen LogP contribution in [0.1, 0.15) is 32.4 Å². The Bertz CT molecular complexity index is 582. The summed E-state index contributed by atoms with van der Waals surface area (Å²) in [5, 5.41) is 3.76. The molecule has 0 radical (unpaired) electrons.